The predicted octanol–water partition coefficient (Wildman–Crippen LogP) is 2.04. The monoisotopic (exact) mass is 332 g/mol. The molecule has 1 aromatic carbocycles. The Balaban J connectivity index is 1.83. The van der Waals surface area contributed by atoms with Crippen LogP contribution in [0.3, 0.4) is 0 Å². The van der Waals surface area contributed by atoms with Gasteiger partial charge in [0.05, 0.1) is 25.3 Å². The van der Waals surface area contributed by atoms with E-state index in [1.165, 1.54) is 0 Å². The topological polar surface area (TPSA) is 88.4 Å². The number of nitrogens with zero attached hydrogens (tertiary/aromatic N) is 2. The highest BCUT2D eigenvalue weighted by Crippen LogP contribution is 2.33. The van der Waals surface area contributed by atoms with Crippen LogP contribution in [0.4, 0.5) is 0 Å². The third-order valence-electron chi connectivity index (χ3n) is 4.23. The zero-order chi connectivity index (χ0) is 17.1. The molecule has 0 spiro atoms. The van der Waals surface area contributed by atoms with Crippen molar-refractivity contribution in [2.75, 3.05) is 13.7 Å². The Kier molecular flexibility index (Phi) is 4.69. The summed E-state index contributed by atoms with van der Waals surface area (Å²) in [5.74, 6) is -0.137. The third kappa shape index (κ3) is 3.50. The first-order valence-corrected chi connectivity index (χ1v) is 8.01. The molecule has 2 aliphatic rings. The molecule has 0 unspecified atom stereocenters. The molecule has 0 bridgehead atoms. The van der Waals surface area contributed by atoms with Crippen LogP contribution < -0.4 is 9.47 Å². The van der Waals surface area contributed by atoms with Gasteiger partial charge in [0.1, 0.15) is 6.54 Å². The first-order chi connectivity index (χ1) is 11.6. The van der Waals surface area contributed by atoms with Gasteiger partial charge in [-0.05, 0) is 43.9 Å². The SMILES string of the molecule is COc1ccc(C2=NN(CC(=O)O)C(=O)C2)cc1OC1CCCC1. The summed E-state index contributed by atoms with van der Waals surface area (Å²) in [5.41, 5.74) is 1.28. The molecule has 0 atom stereocenters. The number of methoxy groups -OCH3 is 1. The molecule has 1 N–H and O–H groups in total. The van der Waals surface area contributed by atoms with E-state index < -0.39 is 12.5 Å². The zero-order valence-corrected chi connectivity index (χ0v) is 13.5. The minimum absolute atomic E-state index is 0.0858. The zero-order valence-electron chi connectivity index (χ0n) is 13.5. The lowest BCUT2D eigenvalue weighted by atomic mass is 10.1. The number of benzene rings is 1. The molecule has 1 aliphatic heterocycles. The largest absolute Gasteiger partial charge is 0.493 e. The van der Waals surface area contributed by atoms with Crippen molar-refractivity contribution in [1.29, 1.82) is 0 Å². The van der Waals surface area contributed by atoms with Gasteiger partial charge in [-0.1, -0.05) is 0 Å². The number of carboxylic acid groups (broad SMARTS) is 1. The van der Waals surface area contributed by atoms with Gasteiger partial charge in [-0.2, -0.15) is 5.10 Å². The number of carbonyl (C=O) groups is 2. The van der Waals surface area contributed by atoms with Crippen LogP contribution in [-0.2, 0) is 9.59 Å². The molecule has 7 nitrogen and oxygen atoms in total. The van der Waals surface area contributed by atoms with Crippen LogP contribution in [0, 0.1) is 0 Å². The number of aliphatic carboxylic acids is 1. The van der Waals surface area contributed by atoms with Gasteiger partial charge in [0, 0.05) is 5.56 Å². The molecular weight excluding hydrogens is 312 g/mol. The maximum atomic E-state index is 11.9. The first-order valence-electron chi connectivity index (χ1n) is 8.01. The molecule has 1 fully saturated rings. The highest BCUT2D eigenvalue weighted by Gasteiger charge is 2.27. The van der Waals surface area contributed by atoms with E-state index in [-0.39, 0.29) is 18.4 Å². The molecule has 0 radical (unpaired) electrons. The fourth-order valence-electron chi connectivity index (χ4n) is 3.02. The van der Waals surface area contributed by atoms with Crippen LogP contribution >= 0.6 is 0 Å². The van der Waals surface area contributed by atoms with Gasteiger partial charge in [-0.3, -0.25) is 9.59 Å². The van der Waals surface area contributed by atoms with Crippen molar-refractivity contribution in [3.05, 3.63) is 23.8 Å². The van der Waals surface area contributed by atoms with Gasteiger partial charge < -0.3 is 14.6 Å². The summed E-state index contributed by atoms with van der Waals surface area (Å²) in [7, 11) is 1.59. The van der Waals surface area contributed by atoms with E-state index >= 15 is 0 Å². The van der Waals surface area contributed by atoms with Gasteiger partial charge in [0.2, 0.25) is 5.91 Å². The Morgan fingerprint density at radius 3 is 2.75 bits per heavy atom. The second-order valence-electron chi connectivity index (χ2n) is 5.96. The van der Waals surface area contributed by atoms with Crippen LogP contribution in [0.2, 0.25) is 0 Å². The van der Waals surface area contributed by atoms with Crippen LogP contribution in [0.1, 0.15) is 37.7 Å². The van der Waals surface area contributed by atoms with Crippen molar-refractivity contribution >= 4 is 17.6 Å². The lowest BCUT2D eigenvalue weighted by Gasteiger charge is -2.16. The van der Waals surface area contributed by atoms with Gasteiger partial charge in [0.25, 0.3) is 0 Å². The smallest absolute Gasteiger partial charge is 0.325 e. The van der Waals surface area contributed by atoms with E-state index in [9.17, 15) is 9.59 Å². The second-order valence-corrected chi connectivity index (χ2v) is 5.96. The third-order valence-corrected chi connectivity index (χ3v) is 4.23. The number of carbonyl (C=O) groups excluding carboxylic acids is 1. The standard InChI is InChI=1S/C17H20N2O5/c1-23-14-7-6-11(8-15(14)24-12-4-2-3-5-12)13-9-16(20)19(18-13)10-17(21)22/h6-8,12H,2-5,9-10H2,1H3,(H,21,22). The molecule has 7 heteroatoms. The number of hydrazone groups is 1. The molecule has 1 amide bonds. The van der Waals surface area contributed by atoms with Crippen LogP contribution in [0.25, 0.3) is 0 Å². The molecular formula is C17H20N2O5. The Morgan fingerprint density at radius 1 is 1.33 bits per heavy atom. The van der Waals surface area contributed by atoms with Crippen molar-refractivity contribution < 1.29 is 24.2 Å². The summed E-state index contributed by atoms with van der Waals surface area (Å²) >= 11 is 0. The highest BCUT2D eigenvalue weighted by atomic mass is 16.5. The Hall–Kier alpha value is -2.57. The maximum absolute atomic E-state index is 11.9. The molecule has 1 heterocycles. The Labute approximate surface area is 139 Å². The summed E-state index contributed by atoms with van der Waals surface area (Å²) in [5, 5.41) is 13.9. The number of rotatable bonds is 6. The van der Waals surface area contributed by atoms with Crippen molar-refractivity contribution in [1.82, 2.24) is 5.01 Å². The number of ether oxygens (including phenoxy) is 2. The van der Waals surface area contributed by atoms with Crippen LogP contribution in [0.5, 0.6) is 11.5 Å². The molecule has 1 aromatic rings. The number of hydrogen-bond acceptors (Lipinski definition) is 5. The summed E-state index contributed by atoms with van der Waals surface area (Å²) in [6.45, 7) is -0.427. The fraction of sp³-hybridized carbons (Fsp3) is 0.471. The summed E-state index contributed by atoms with van der Waals surface area (Å²) in [6, 6.07) is 5.40. The molecule has 128 valence electrons. The average molecular weight is 332 g/mol. The number of carboxylic acids is 1. The minimum Gasteiger partial charge on any atom is -0.493 e. The van der Waals surface area contributed by atoms with Crippen molar-refractivity contribution in [3.8, 4) is 11.5 Å². The molecule has 1 aliphatic carbocycles. The van der Waals surface area contributed by atoms with Crippen molar-refractivity contribution in [3.63, 3.8) is 0 Å². The van der Waals surface area contributed by atoms with Crippen molar-refractivity contribution in [2.45, 2.75) is 38.2 Å². The average Bonchev–Trinajstić information content (AvgIpc) is 3.17. The van der Waals surface area contributed by atoms with Gasteiger partial charge in [-0.25, -0.2) is 5.01 Å². The van der Waals surface area contributed by atoms with E-state index in [0.717, 1.165) is 36.3 Å². The quantitative estimate of drug-likeness (QED) is 0.861. The predicted molar refractivity (Wildman–Crippen MR) is 86.4 cm³/mol. The number of hydrogen-bond donors (Lipinski definition) is 1. The first kappa shape index (κ1) is 16.3. The number of amides is 1. The van der Waals surface area contributed by atoms with E-state index in [0.29, 0.717) is 17.2 Å². The fourth-order valence-corrected chi connectivity index (χ4v) is 3.02. The maximum Gasteiger partial charge on any atom is 0.325 e. The lowest BCUT2D eigenvalue weighted by Crippen LogP contribution is -2.27. The van der Waals surface area contributed by atoms with Gasteiger partial charge in [0.15, 0.2) is 11.5 Å². The lowest BCUT2D eigenvalue weighted by molar-refractivity contribution is -0.143. The Bertz CT molecular complexity index is 680. The molecule has 3 rings (SSSR count). The van der Waals surface area contributed by atoms with Crippen LogP contribution in [-0.4, -0.2) is 47.5 Å². The van der Waals surface area contributed by atoms with E-state index in [1.54, 1.807) is 19.2 Å². The normalized spacial score (nSPS) is 18.0. The second kappa shape index (κ2) is 6.90. The Morgan fingerprint density at radius 2 is 2.08 bits per heavy atom. The highest BCUT2D eigenvalue weighted by molar-refractivity contribution is 6.14. The molecule has 0 saturated heterocycles. The molecule has 0 aromatic heterocycles. The van der Waals surface area contributed by atoms with E-state index in [1.807, 2.05) is 6.07 Å². The van der Waals surface area contributed by atoms with Crippen molar-refractivity contribution in [2.24, 2.45) is 5.10 Å². The molecule has 24 heavy (non-hydrogen) atoms. The summed E-state index contributed by atoms with van der Waals surface area (Å²) in [4.78, 5) is 22.6. The van der Waals surface area contributed by atoms with Gasteiger partial charge in [-0.15, -0.1) is 0 Å². The van der Waals surface area contributed by atoms with Crippen LogP contribution in [0.15, 0.2) is 23.3 Å². The van der Waals surface area contributed by atoms with Gasteiger partial charge >= 0.3 is 5.97 Å². The molecule has 1 saturated carbocycles. The summed E-state index contributed by atoms with van der Waals surface area (Å²) < 4.78 is 11.4. The summed E-state index contributed by atoms with van der Waals surface area (Å²) in [6.07, 6.45) is 4.65. The van der Waals surface area contributed by atoms with E-state index in [4.69, 9.17) is 14.6 Å². The van der Waals surface area contributed by atoms with E-state index in [2.05, 4.69) is 5.10 Å². The minimum atomic E-state index is -1.09.